The van der Waals surface area contributed by atoms with E-state index in [2.05, 4.69) is 5.32 Å². The van der Waals surface area contributed by atoms with Crippen LogP contribution in [0.2, 0.25) is 0 Å². The number of amides is 1. The molecule has 5 nitrogen and oxygen atoms in total. The highest BCUT2D eigenvalue weighted by molar-refractivity contribution is 5.74. The fraction of sp³-hybridized carbons (Fsp3) is 0.462. The van der Waals surface area contributed by atoms with Crippen molar-refractivity contribution in [2.24, 2.45) is 5.73 Å². The van der Waals surface area contributed by atoms with Gasteiger partial charge in [0.05, 0.1) is 14.2 Å². The van der Waals surface area contributed by atoms with E-state index in [0.717, 1.165) is 17.1 Å². The first-order valence-electron chi connectivity index (χ1n) is 5.78. The molecule has 0 aliphatic carbocycles. The largest absolute Gasteiger partial charge is 0.497 e. The minimum absolute atomic E-state index is 0.0414. The molecular formula is C13H20N2O3. The summed E-state index contributed by atoms with van der Waals surface area (Å²) in [7, 11) is 3.23. The highest BCUT2D eigenvalue weighted by atomic mass is 16.5. The van der Waals surface area contributed by atoms with Gasteiger partial charge in [0.2, 0.25) is 5.91 Å². The van der Waals surface area contributed by atoms with Crippen LogP contribution in [0, 0.1) is 0 Å². The molecule has 18 heavy (non-hydrogen) atoms. The molecule has 1 amide bonds. The third-order valence-corrected chi connectivity index (χ3v) is 2.57. The Morgan fingerprint density at radius 3 is 2.28 bits per heavy atom. The number of nitrogens with one attached hydrogen (secondary N) is 1. The van der Waals surface area contributed by atoms with Crippen LogP contribution in [0.5, 0.6) is 11.5 Å². The van der Waals surface area contributed by atoms with Crippen LogP contribution in [0.1, 0.15) is 18.9 Å². The Hall–Kier alpha value is -1.75. The number of hydrogen-bond donors (Lipinski definition) is 2. The fourth-order valence-electron chi connectivity index (χ4n) is 1.63. The van der Waals surface area contributed by atoms with Crippen LogP contribution in [0.3, 0.4) is 0 Å². The van der Waals surface area contributed by atoms with Gasteiger partial charge in [-0.25, -0.2) is 0 Å². The summed E-state index contributed by atoms with van der Waals surface area (Å²) in [5.41, 5.74) is 6.16. The number of hydrogen-bond acceptors (Lipinski definition) is 4. The van der Waals surface area contributed by atoms with Gasteiger partial charge in [-0.15, -0.1) is 0 Å². The maximum Gasteiger partial charge on any atom is 0.218 e. The number of rotatable bonds is 7. The number of benzene rings is 1. The lowest BCUT2D eigenvalue weighted by Gasteiger charge is -2.13. The molecule has 5 heteroatoms. The first-order valence-corrected chi connectivity index (χ1v) is 5.78. The fourth-order valence-corrected chi connectivity index (χ4v) is 1.63. The molecule has 0 heterocycles. The summed E-state index contributed by atoms with van der Waals surface area (Å²) in [6.45, 7) is 2.55. The summed E-state index contributed by atoms with van der Waals surface area (Å²) in [4.78, 5) is 10.8. The van der Waals surface area contributed by atoms with E-state index in [-0.39, 0.29) is 11.9 Å². The molecule has 0 saturated heterocycles. The lowest BCUT2D eigenvalue weighted by molar-refractivity contribution is -0.118. The number of nitrogens with two attached hydrogens (primary N) is 1. The molecule has 0 aromatic heterocycles. The van der Waals surface area contributed by atoms with Gasteiger partial charge in [0.15, 0.2) is 0 Å². The molecule has 0 aliphatic rings. The third kappa shape index (κ3) is 4.63. The topological polar surface area (TPSA) is 73.6 Å². The van der Waals surface area contributed by atoms with Crippen LogP contribution < -0.4 is 20.5 Å². The summed E-state index contributed by atoms with van der Waals surface area (Å²) < 4.78 is 10.4. The van der Waals surface area contributed by atoms with Crippen LogP contribution in [-0.4, -0.2) is 26.2 Å². The van der Waals surface area contributed by atoms with Crippen LogP contribution in [-0.2, 0) is 11.3 Å². The van der Waals surface area contributed by atoms with Crippen molar-refractivity contribution in [2.75, 3.05) is 14.2 Å². The molecule has 1 aromatic rings. The molecule has 0 saturated carbocycles. The lowest BCUT2D eigenvalue weighted by atomic mass is 10.1. The van der Waals surface area contributed by atoms with Crippen molar-refractivity contribution in [3.63, 3.8) is 0 Å². The Kier molecular flexibility index (Phi) is 5.45. The summed E-state index contributed by atoms with van der Waals surface area (Å²) in [5, 5.41) is 3.22. The summed E-state index contributed by atoms with van der Waals surface area (Å²) in [6, 6.07) is 5.70. The van der Waals surface area contributed by atoms with Crippen LogP contribution in [0.4, 0.5) is 0 Å². The Balaban J connectivity index is 2.63. The van der Waals surface area contributed by atoms with E-state index < -0.39 is 0 Å². The molecule has 0 radical (unpaired) electrons. The minimum atomic E-state index is -0.307. The second kappa shape index (κ2) is 6.86. The zero-order chi connectivity index (χ0) is 13.5. The average Bonchev–Trinajstić information content (AvgIpc) is 2.35. The van der Waals surface area contributed by atoms with Crippen molar-refractivity contribution in [3.05, 3.63) is 23.8 Å². The molecule has 100 valence electrons. The van der Waals surface area contributed by atoms with E-state index in [1.165, 1.54) is 0 Å². The van der Waals surface area contributed by atoms with Crippen LogP contribution in [0.15, 0.2) is 18.2 Å². The predicted molar refractivity (Wildman–Crippen MR) is 69.7 cm³/mol. The Morgan fingerprint density at radius 1 is 1.28 bits per heavy atom. The highest BCUT2D eigenvalue weighted by Crippen LogP contribution is 2.22. The SMILES string of the molecule is COc1cc(CNC(C)CC(N)=O)cc(OC)c1. The van der Waals surface area contributed by atoms with E-state index in [0.29, 0.717) is 13.0 Å². The van der Waals surface area contributed by atoms with Crippen molar-refractivity contribution < 1.29 is 14.3 Å². The molecule has 0 spiro atoms. The quantitative estimate of drug-likeness (QED) is 0.761. The van der Waals surface area contributed by atoms with Gasteiger partial charge in [0.1, 0.15) is 11.5 Å². The first-order chi connectivity index (χ1) is 8.55. The monoisotopic (exact) mass is 252 g/mol. The molecule has 0 aliphatic heterocycles. The predicted octanol–water partition coefficient (Wildman–Crippen LogP) is 1.06. The second-order valence-corrected chi connectivity index (χ2v) is 4.17. The number of methoxy groups -OCH3 is 2. The van der Waals surface area contributed by atoms with E-state index in [1.54, 1.807) is 14.2 Å². The normalized spacial score (nSPS) is 11.9. The molecule has 1 rings (SSSR count). The zero-order valence-electron chi connectivity index (χ0n) is 11.0. The average molecular weight is 252 g/mol. The third-order valence-electron chi connectivity index (χ3n) is 2.57. The van der Waals surface area contributed by atoms with Gasteiger partial charge < -0.3 is 20.5 Å². The number of carbonyl (C=O) groups excluding carboxylic acids is 1. The molecule has 0 bridgehead atoms. The highest BCUT2D eigenvalue weighted by Gasteiger charge is 2.07. The Morgan fingerprint density at radius 2 is 1.83 bits per heavy atom. The molecule has 1 unspecified atom stereocenters. The van der Waals surface area contributed by atoms with Crippen LogP contribution in [0.25, 0.3) is 0 Å². The molecular weight excluding hydrogens is 232 g/mol. The maximum absolute atomic E-state index is 10.8. The van der Waals surface area contributed by atoms with Crippen molar-refractivity contribution >= 4 is 5.91 Å². The molecule has 3 N–H and O–H groups in total. The number of carbonyl (C=O) groups is 1. The molecule has 0 fully saturated rings. The van der Waals surface area contributed by atoms with Gasteiger partial charge in [-0.3, -0.25) is 4.79 Å². The maximum atomic E-state index is 10.8. The van der Waals surface area contributed by atoms with Crippen molar-refractivity contribution in [2.45, 2.75) is 25.9 Å². The van der Waals surface area contributed by atoms with Gasteiger partial charge in [0.25, 0.3) is 0 Å². The van der Waals surface area contributed by atoms with Crippen molar-refractivity contribution in [3.8, 4) is 11.5 Å². The molecule has 1 aromatic carbocycles. The van der Waals surface area contributed by atoms with E-state index in [1.807, 2.05) is 25.1 Å². The smallest absolute Gasteiger partial charge is 0.218 e. The van der Waals surface area contributed by atoms with Gasteiger partial charge in [0, 0.05) is 25.1 Å². The number of primary amides is 1. The summed E-state index contributed by atoms with van der Waals surface area (Å²) in [6.07, 6.45) is 0.321. The van der Waals surface area contributed by atoms with Gasteiger partial charge in [-0.05, 0) is 24.6 Å². The summed E-state index contributed by atoms with van der Waals surface area (Å²) >= 11 is 0. The molecule has 1 atom stereocenters. The first kappa shape index (κ1) is 14.3. The van der Waals surface area contributed by atoms with E-state index >= 15 is 0 Å². The van der Waals surface area contributed by atoms with Crippen molar-refractivity contribution in [1.82, 2.24) is 5.32 Å². The van der Waals surface area contributed by atoms with Crippen LogP contribution >= 0.6 is 0 Å². The van der Waals surface area contributed by atoms with Gasteiger partial charge in [-0.1, -0.05) is 0 Å². The standard InChI is InChI=1S/C13H20N2O3/c1-9(4-13(14)16)15-8-10-5-11(17-2)7-12(6-10)18-3/h5-7,9,15H,4,8H2,1-3H3,(H2,14,16). The van der Waals surface area contributed by atoms with E-state index in [9.17, 15) is 4.79 Å². The number of ether oxygens (including phenoxy) is 2. The Bertz CT molecular complexity index is 385. The second-order valence-electron chi connectivity index (χ2n) is 4.17. The lowest BCUT2D eigenvalue weighted by Crippen LogP contribution is -2.30. The Labute approximate surface area is 107 Å². The van der Waals surface area contributed by atoms with Gasteiger partial charge in [-0.2, -0.15) is 0 Å². The van der Waals surface area contributed by atoms with Gasteiger partial charge >= 0.3 is 0 Å². The zero-order valence-corrected chi connectivity index (χ0v) is 11.0. The van der Waals surface area contributed by atoms with Crippen molar-refractivity contribution in [1.29, 1.82) is 0 Å². The summed E-state index contributed by atoms with van der Waals surface area (Å²) in [5.74, 6) is 1.18. The minimum Gasteiger partial charge on any atom is -0.497 e. The van der Waals surface area contributed by atoms with E-state index in [4.69, 9.17) is 15.2 Å².